The molecule has 0 saturated carbocycles. The van der Waals surface area contributed by atoms with Gasteiger partial charge in [-0.15, -0.1) is 0 Å². The molecule has 0 amide bonds. The fourth-order valence-electron chi connectivity index (χ4n) is 1.77. The van der Waals surface area contributed by atoms with E-state index < -0.39 is 0 Å². The molecule has 0 aliphatic carbocycles. The summed E-state index contributed by atoms with van der Waals surface area (Å²) in [6.07, 6.45) is 0.746. The average Bonchev–Trinajstić information content (AvgIpc) is 2.43. The predicted molar refractivity (Wildman–Crippen MR) is 79.3 cm³/mol. The van der Waals surface area contributed by atoms with Crippen LogP contribution in [0.5, 0.6) is 0 Å². The number of likely N-dealkylation sites (N-methyl/N-ethyl adjacent to an activating group) is 1. The van der Waals surface area contributed by atoms with Crippen LogP contribution in [0.4, 0.5) is 4.39 Å². The lowest BCUT2D eigenvalue weighted by molar-refractivity contribution is -0.0271. The smallest absolute Gasteiger partial charge is 0.123 e. The van der Waals surface area contributed by atoms with Crippen molar-refractivity contribution in [3.8, 4) is 0 Å². The minimum absolute atomic E-state index is 0.0665. The maximum atomic E-state index is 13.0. The summed E-state index contributed by atoms with van der Waals surface area (Å²) in [6, 6.07) is 6.49. The zero-order valence-electron chi connectivity index (χ0n) is 12.9. The van der Waals surface area contributed by atoms with E-state index in [-0.39, 0.29) is 17.5 Å². The second-order valence-electron chi connectivity index (χ2n) is 5.43. The second-order valence-corrected chi connectivity index (χ2v) is 5.43. The number of methoxy groups -OCH3 is 1. The van der Waals surface area contributed by atoms with E-state index in [1.165, 1.54) is 12.1 Å². The number of halogens is 1. The van der Waals surface area contributed by atoms with E-state index in [0.717, 1.165) is 25.1 Å². The molecule has 4 heteroatoms. The van der Waals surface area contributed by atoms with Crippen LogP contribution in [0.1, 0.15) is 38.9 Å². The fourth-order valence-corrected chi connectivity index (χ4v) is 1.77. The number of benzene rings is 1. The van der Waals surface area contributed by atoms with Crippen molar-refractivity contribution in [2.45, 2.75) is 38.9 Å². The summed E-state index contributed by atoms with van der Waals surface area (Å²) in [5, 5.41) is 3.27. The summed E-state index contributed by atoms with van der Waals surface area (Å²) >= 11 is 0. The van der Waals surface area contributed by atoms with Crippen LogP contribution in [-0.4, -0.2) is 32.4 Å². The standard InChI is InChI=1S/C16H26FNO2/c1-5-18-12-15(13-6-8-14(17)9-7-13)20-11-10-16(2,3)19-4/h6-9,15,18H,5,10-12H2,1-4H3. The Morgan fingerprint density at radius 2 is 1.90 bits per heavy atom. The molecule has 0 aliphatic heterocycles. The summed E-state index contributed by atoms with van der Waals surface area (Å²) in [7, 11) is 1.70. The quantitative estimate of drug-likeness (QED) is 0.754. The minimum Gasteiger partial charge on any atom is -0.379 e. The third-order valence-electron chi connectivity index (χ3n) is 3.40. The fraction of sp³-hybridized carbons (Fsp3) is 0.625. The Hall–Kier alpha value is -0.970. The maximum absolute atomic E-state index is 13.0. The van der Waals surface area contributed by atoms with E-state index in [4.69, 9.17) is 9.47 Å². The molecule has 0 spiro atoms. The van der Waals surface area contributed by atoms with Gasteiger partial charge in [-0.3, -0.25) is 0 Å². The molecule has 0 bridgehead atoms. The highest BCUT2D eigenvalue weighted by molar-refractivity contribution is 5.19. The lowest BCUT2D eigenvalue weighted by atomic mass is 10.1. The minimum atomic E-state index is -0.225. The molecule has 1 rings (SSSR count). The van der Waals surface area contributed by atoms with Crippen molar-refractivity contribution in [2.24, 2.45) is 0 Å². The summed E-state index contributed by atoms with van der Waals surface area (Å²) in [5.41, 5.74) is 0.800. The van der Waals surface area contributed by atoms with Crippen molar-refractivity contribution in [1.82, 2.24) is 5.32 Å². The number of nitrogens with one attached hydrogen (secondary N) is 1. The van der Waals surface area contributed by atoms with Crippen molar-refractivity contribution in [2.75, 3.05) is 26.8 Å². The average molecular weight is 283 g/mol. The van der Waals surface area contributed by atoms with E-state index >= 15 is 0 Å². The van der Waals surface area contributed by atoms with Gasteiger partial charge in [0.15, 0.2) is 0 Å². The summed E-state index contributed by atoms with van der Waals surface area (Å²) in [4.78, 5) is 0. The van der Waals surface area contributed by atoms with Crippen LogP contribution in [-0.2, 0) is 9.47 Å². The lowest BCUT2D eigenvalue weighted by Gasteiger charge is -2.25. The second kappa shape index (κ2) is 8.35. The van der Waals surface area contributed by atoms with Gasteiger partial charge in [0.2, 0.25) is 0 Å². The summed E-state index contributed by atoms with van der Waals surface area (Å²) in [5.74, 6) is -0.225. The van der Waals surface area contributed by atoms with Crippen molar-refractivity contribution >= 4 is 0 Å². The molecular weight excluding hydrogens is 257 g/mol. The number of ether oxygens (including phenoxy) is 2. The van der Waals surface area contributed by atoms with Gasteiger partial charge < -0.3 is 14.8 Å². The van der Waals surface area contributed by atoms with E-state index in [0.29, 0.717) is 6.61 Å². The van der Waals surface area contributed by atoms with E-state index in [2.05, 4.69) is 12.2 Å². The van der Waals surface area contributed by atoms with Gasteiger partial charge in [-0.05, 0) is 44.5 Å². The van der Waals surface area contributed by atoms with Gasteiger partial charge in [0.1, 0.15) is 5.82 Å². The first-order valence-electron chi connectivity index (χ1n) is 7.11. The Kier molecular flexibility index (Phi) is 7.13. The Morgan fingerprint density at radius 3 is 2.45 bits per heavy atom. The first-order chi connectivity index (χ1) is 9.48. The molecule has 0 radical (unpaired) electrons. The van der Waals surface area contributed by atoms with Gasteiger partial charge in [0.25, 0.3) is 0 Å². The molecule has 1 atom stereocenters. The molecule has 114 valence electrons. The Bertz CT molecular complexity index is 379. The third-order valence-corrected chi connectivity index (χ3v) is 3.40. The number of hydrogen-bond acceptors (Lipinski definition) is 3. The van der Waals surface area contributed by atoms with Crippen molar-refractivity contribution in [1.29, 1.82) is 0 Å². The van der Waals surface area contributed by atoms with Crippen LogP contribution in [0.15, 0.2) is 24.3 Å². The zero-order chi connectivity index (χ0) is 15.0. The first-order valence-corrected chi connectivity index (χ1v) is 7.11. The van der Waals surface area contributed by atoms with Crippen LogP contribution >= 0.6 is 0 Å². The lowest BCUT2D eigenvalue weighted by Crippen LogP contribution is -2.27. The van der Waals surface area contributed by atoms with Crippen LogP contribution in [0.2, 0.25) is 0 Å². The van der Waals surface area contributed by atoms with Crippen LogP contribution in [0.3, 0.4) is 0 Å². The van der Waals surface area contributed by atoms with Gasteiger partial charge in [0.05, 0.1) is 18.3 Å². The Labute approximate surface area is 121 Å². The molecule has 0 fully saturated rings. The normalized spacial score (nSPS) is 13.4. The van der Waals surface area contributed by atoms with Crippen molar-refractivity contribution in [3.63, 3.8) is 0 Å². The molecular formula is C16H26FNO2. The van der Waals surface area contributed by atoms with E-state index in [9.17, 15) is 4.39 Å². The molecule has 1 aromatic rings. The highest BCUT2D eigenvalue weighted by atomic mass is 19.1. The topological polar surface area (TPSA) is 30.5 Å². The molecule has 3 nitrogen and oxygen atoms in total. The van der Waals surface area contributed by atoms with Crippen LogP contribution in [0, 0.1) is 5.82 Å². The number of rotatable bonds is 9. The van der Waals surface area contributed by atoms with Gasteiger partial charge >= 0.3 is 0 Å². The maximum Gasteiger partial charge on any atom is 0.123 e. The Morgan fingerprint density at radius 1 is 1.25 bits per heavy atom. The van der Waals surface area contributed by atoms with Gasteiger partial charge in [-0.25, -0.2) is 4.39 Å². The molecule has 1 aromatic carbocycles. The molecule has 20 heavy (non-hydrogen) atoms. The summed E-state index contributed by atoms with van der Waals surface area (Å²) < 4.78 is 24.3. The monoisotopic (exact) mass is 283 g/mol. The van der Waals surface area contributed by atoms with Crippen LogP contribution in [0.25, 0.3) is 0 Å². The highest BCUT2D eigenvalue weighted by Crippen LogP contribution is 2.20. The molecule has 1 N–H and O–H groups in total. The molecule has 0 heterocycles. The first kappa shape index (κ1) is 17.1. The van der Waals surface area contributed by atoms with Gasteiger partial charge in [0, 0.05) is 13.7 Å². The molecule has 0 saturated heterocycles. The van der Waals surface area contributed by atoms with Crippen molar-refractivity contribution < 1.29 is 13.9 Å². The van der Waals surface area contributed by atoms with E-state index in [1.807, 2.05) is 13.8 Å². The SMILES string of the molecule is CCNCC(OCCC(C)(C)OC)c1ccc(F)cc1. The molecule has 0 aliphatic rings. The number of hydrogen-bond donors (Lipinski definition) is 1. The van der Waals surface area contributed by atoms with Crippen molar-refractivity contribution in [3.05, 3.63) is 35.6 Å². The Balaban J connectivity index is 2.58. The molecule has 1 unspecified atom stereocenters. The van der Waals surface area contributed by atoms with Crippen LogP contribution < -0.4 is 5.32 Å². The predicted octanol–water partition coefficient (Wildman–Crippen LogP) is 3.31. The van der Waals surface area contributed by atoms with Gasteiger partial charge in [-0.2, -0.15) is 0 Å². The van der Waals surface area contributed by atoms with Gasteiger partial charge in [-0.1, -0.05) is 19.1 Å². The zero-order valence-corrected chi connectivity index (χ0v) is 12.9. The largest absolute Gasteiger partial charge is 0.379 e. The summed E-state index contributed by atoms with van der Waals surface area (Å²) in [6.45, 7) is 8.32. The molecule has 0 aromatic heterocycles. The third kappa shape index (κ3) is 5.99. The highest BCUT2D eigenvalue weighted by Gasteiger charge is 2.18. The van der Waals surface area contributed by atoms with E-state index in [1.54, 1.807) is 19.2 Å².